The zero-order valence-corrected chi connectivity index (χ0v) is 9.68. The Bertz CT molecular complexity index is 438. The van der Waals surface area contributed by atoms with E-state index >= 15 is 0 Å². The van der Waals surface area contributed by atoms with Gasteiger partial charge in [-0.1, -0.05) is 12.2 Å². The lowest BCUT2D eigenvalue weighted by molar-refractivity contribution is -0.107. The van der Waals surface area contributed by atoms with Crippen LogP contribution in [0.25, 0.3) is 6.08 Å². The lowest BCUT2D eigenvalue weighted by atomic mass is 10.1. The average Bonchev–Trinajstić information content (AvgIpc) is 2.32. The lowest BCUT2D eigenvalue weighted by Gasteiger charge is -2.05. The van der Waals surface area contributed by atoms with Crippen LogP contribution < -0.4 is 5.73 Å². The molecule has 0 fully saturated rings. The molecule has 4 nitrogen and oxygen atoms in total. The Labute approximate surface area is 100 Å². The van der Waals surface area contributed by atoms with Crippen LogP contribution in [-0.2, 0) is 9.53 Å². The zero-order valence-electron chi connectivity index (χ0n) is 9.68. The smallest absolute Gasteiger partial charge is 0.338 e. The Morgan fingerprint density at radius 3 is 2.88 bits per heavy atom. The number of nitrogen functional groups attached to an aromatic ring is 1. The molecule has 0 aliphatic rings. The molecule has 0 bridgehead atoms. The predicted molar refractivity (Wildman–Crippen MR) is 66.5 cm³/mol. The third-order valence-electron chi connectivity index (χ3n) is 2.13. The number of aldehydes is 1. The standard InChI is InChI=1S/C13H15NO3/c1-2-17-13(16)11-6-7-12(14)10(9-11)5-3-4-8-15/h3,5-9H,2,4,14H2,1H3. The van der Waals surface area contributed by atoms with Gasteiger partial charge in [0.2, 0.25) is 0 Å². The van der Waals surface area contributed by atoms with Crippen LogP contribution in [0.15, 0.2) is 24.3 Å². The van der Waals surface area contributed by atoms with E-state index in [1.165, 1.54) is 0 Å². The van der Waals surface area contributed by atoms with Crippen LogP contribution in [0.5, 0.6) is 0 Å². The molecule has 1 aromatic carbocycles. The van der Waals surface area contributed by atoms with Gasteiger partial charge in [-0.3, -0.25) is 0 Å². The van der Waals surface area contributed by atoms with E-state index in [-0.39, 0.29) is 5.97 Å². The molecule has 0 spiro atoms. The normalized spacial score (nSPS) is 10.4. The number of hydrogen-bond donors (Lipinski definition) is 1. The summed E-state index contributed by atoms with van der Waals surface area (Å²) in [5, 5.41) is 0. The minimum absolute atomic E-state index is 0.322. The van der Waals surface area contributed by atoms with Crippen molar-refractivity contribution < 1.29 is 14.3 Å². The van der Waals surface area contributed by atoms with Gasteiger partial charge in [-0.2, -0.15) is 0 Å². The van der Waals surface area contributed by atoms with E-state index in [1.54, 1.807) is 37.3 Å². The monoisotopic (exact) mass is 233 g/mol. The van der Waals surface area contributed by atoms with Crippen LogP contribution in [0.4, 0.5) is 5.69 Å². The first-order valence-electron chi connectivity index (χ1n) is 5.35. The first kappa shape index (κ1) is 13.0. The topological polar surface area (TPSA) is 69.4 Å². The van der Waals surface area contributed by atoms with E-state index in [0.717, 1.165) is 6.29 Å². The third kappa shape index (κ3) is 3.75. The van der Waals surface area contributed by atoms with Crippen molar-refractivity contribution >= 4 is 24.0 Å². The Hall–Kier alpha value is -2.10. The number of hydrogen-bond acceptors (Lipinski definition) is 4. The van der Waals surface area contributed by atoms with E-state index in [4.69, 9.17) is 10.5 Å². The van der Waals surface area contributed by atoms with Gasteiger partial charge in [0, 0.05) is 12.1 Å². The van der Waals surface area contributed by atoms with Gasteiger partial charge in [0.1, 0.15) is 6.29 Å². The molecule has 2 N–H and O–H groups in total. The summed E-state index contributed by atoms with van der Waals surface area (Å²) in [5.41, 5.74) is 7.47. The largest absolute Gasteiger partial charge is 0.462 e. The second-order valence-corrected chi connectivity index (χ2v) is 3.37. The van der Waals surface area contributed by atoms with Crippen molar-refractivity contribution in [3.63, 3.8) is 0 Å². The molecular formula is C13H15NO3. The number of esters is 1. The molecule has 0 aliphatic carbocycles. The van der Waals surface area contributed by atoms with Gasteiger partial charge in [-0.25, -0.2) is 4.79 Å². The molecule has 0 saturated heterocycles. The fraction of sp³-hybridized carbons (Fsp3) is 0.231. The number of anilines is 1. The van der Waals surface area contributed by atoms with Crippen molar-refractivity contribution in [2.45, 2.75) is 13.3 Å². The predicted octanol–water partition coefficient (Wildman–Crippen LogP) is 2.05. The SMILES string of the molecule is CCOC(=O)c1ccc(N)c(C=CCC=O)c1. The second kappa shape index (κ2) is 6.48. The molecule has 0 heterocycles. The Balaban J connectivity index is 2.93. The summed E-state index contributed by atoms with van der Waals surface area (Å²) in [6.07, 6.45) is 4.52. The van der Waals surface area contributed by atoms with Crippen LogP contribution in [-0.4, -0.2) is 18.9 Å². The van der Waals surface area contributed by atoms with Crippen LogP contribution in [0.1, 0.15) is 29.3 Å². The summed E-state index contributed by atoms with van der Waals surface area (Å²) in [6, 6.07) is 4.91. The molecular weight excluding hydrogens is 218 g/mol. The van der Waals surface area contributed by atoms with Crippen molar-refractivity contribution in [3.05, 3.63) is 35.4 Å². The van der Waals surface area contributed by atoms with Crippen LogP contribution in [0.3, 0.4) is 0 Å². The van der Waals surface area contributed by atoms with Crippen molar-refractivity contribution in [1.82, 2.24) is 0 Å². The number of nitrogens with two attached hydrogens (primary N) is 1. The van der Waals surface area contributed by atoms with Crippen LogP contribution in [0, 0.1) is 0 Å². The molecule has 4 heteroatoms. The maximum atomic E-state index is 11.5. The summed E-state index contributed by atoms with van der Waals surface area (Å²) >= 11 is 0. The maximum Gasteiger partial charge on any atom is 0.338 e. The van der Waals surface area contributed by atoms with Crippen LogP contribution >= 0.6 is 0 Å². The van der Waals surface area contributed by atoms with Crippen molar-refractivity contribution in [1.29, 1.82) is 0 Å². The molecule has 1 aromatic rings. The van der Waals surface area contributed by atoms with E-state index in [9.17, 15) is 9.59 Å². The number of carbonyl (C=O) groups is 2. The quantitative estimate of drug-likeness (QED) is 0.480. The van der Waals surface area contributed by atoms with E-state index in [2.05, 4.69) is 0 Å². The number of carbonyl (C=O) groups excluding carboxylic acids is 2. The molecule has 0 aliphatic heterocycles. The molecule has 0 saturated carbocycles. The lowest BCUT2D eigenvalue weighted by Crippen LogP contribution is -2.05. The highest BCUT2D eigenvalue weighted by Gasteiger charge is 2.07. The number of rotatable bonds is 5. The first-order valence-corrected chi connectivity index (χ1v) is 5.35. The molecule has 0 atom stereocenters. The summed E-state index contributed by atoms with van der Waals surface area (Å²) < 4.78 is 4.89. The Morgan fingerprint density at radius 2 is 2.24 bits per heavy atom. The van der Waals surface area contributed by atoms with Crippen molar-refractivity contribution in [2.75, 3.05) is 12.3 Å². The summed E-state index contributed by atoms with van der Waals surface area (Å²) in [6.45, 7) is 2.08. The fourth-order valence-corrected chi connectivity index (χ4v) is 1.31. The van der Waals surface area contributed by atoms with Gasteiger partial charge in [0.05, 0.1) is 12.2 Å². The van der Waals surface area contributed by atoms with E-state index < -0.39 is 0 Å². The summed E-state index contributed by atoms with van der Waals surface area (Å²) in [4.78, 5) is 21.7. The maximum absolute atomic E-state index is 11.5. The average molecular weight is 233 g/mol. The van der Waals surface area contributed by atoms with Crippen LogP contribution in [0.2, 0.25) is 0 Å². The number of ether oxygens (including phenoxy) is 1. The van der Waals surface area contributed by atoms with Crippen molar-refractivity contribution in [2.24, 2.45) is 0 Å². The van der Waals surface area contributed by atoms with E-state index in [0.29, 0.717) is 29.8 Å². The minimum atomic E-state index is -0.377. The van der Waals surface area contributed by atoms with Gasteiger partial charge < -0.3 is 15.3 Å². The molecule has 0 amide bonds. The first-order chi connectivity index (χ1) is 8.19. The third-order valence-corrected chi connectivity index (χ3v) is 2.13. The summed E-state index contributed by atoms with van der Waals surface area (Å²) in [5.74, 6) is -0.377. The van der Waals surface area contributed by atoms with Gasteiger partial charge in [0.15, 0.2) is 0 Å². The highest BCUT2D eigenvalue weighted by molar-refractivity contribution is 5.91. The minimum Gasteiger partial charge on any atom is -0.462 e. The highest BCUT2D eigenvalue weighted by atomic mass is 16.5. The highest BCUT2D eigenvalue weighted by Crippen LogP contribution is 2.16. The molecule has 1 rings (SSSR count). The van der Waals surface area contributed by atoms with Crippen molar-refractivity contribution in [3.8, 4) is 0 Å². The second-order valence-electron chi connectivity index (χ2n) is 3.37. The molecule has 0 aromatic heterocycles. The zero-order chi connectivity index (χ0) is 12.7. The Morgan fingerprint density at radius 1 is 1.47 bits per heavy atom. The van der Waals surface area contributed by atoms with Gasteiger partial charge in [-0.15, -0.1) is 0 Å². The van der Waals surface area contributed by atoms with Gasteiger partial charge in [0.25, 0.3) is 0 Å². The Kier molecular flexibility index (Phi) is 4.94. The molecule has 0 radical (unpaired) electrons. The number of allylic oxidation sites excluding steroid dienone is 1. The van der Waals surface area contributed by atoms with Gasteiger partial charge in [-0.05, 0) is 30.7 Å². The summed E-state index contributed by atoms with van der Waals surface area (Å²) in [7, 11) is 0. The fourth-order valence-electron chi connectivity index (χ4n) is 1.31. The molecule has 17 heavy (non-hydrogen) atoms. The number of benzene rings is 1. The molecule has 0 unspecified atom stereocenters. The van der Waals surface area contributed by atoms with Gasteiger partial charge >= 0.3 is 5.97 Å². The van der Waals surface area contributed by atoms with E-state index in [1.807, 2.05) is 0 Å². The molecule has 90 valence electrons.